The Bertz CT molecular complexity index is 718. The van der Waals surface area contributed by atoms with E-state index < -0.39 is 47.8 Å². The highest BCUT2D eigenvalue weighted by molar-refractivity contribution is 5.75. The maximum absolute atomic E-state index is 11.9. The van der Waals surface area contributed by atoms with E-state index in [-0.39, 0.29) is 12.5 Å². The molecule has 1 saturated heterocycles. The Hall–Kier alpha value is -2.08. The van der Waals surface area contributed by atoms with Gasteiger partial charge in [-0.2, -0.15) is 9.78 Å². The highest BCUT2D eigenvalue weighted by Gasteiger charge is 2.45. The van der Waals surface area contributed by atoms with Crippen molar-refractivity contribution in [1.82, 2.24) is 14.8 Å². The molecule has 1 fully saturated rings. The largest absolute Gasteiger partial charge is 0.462 e. The molecule has 1 aromatic heterocycles. The Balaban J connectivity index is 2.03. The van der Waals surface area contributed by atoms with Gasteiger partial charge in [0, 0.05) is 0 Å². The lowest BCUT2D eigenvalue weighted by Gasteiger charge is -2.19. The number of ether oxygens (including phenoxy) is 2. The SMILES string of the molecule is CC[C@@H](C)[C@@H](N)C(=O)OC[C@H]1O[C@@H](n2ncc(=O)[nH]c2=O)C(O)[C@H]1O. The topological polar surface area (TPSA) is 170 Å². The average Bonchev–Trinajstić information content (AvgIpc) is 2.86. The molecule has 140 valence electrons. The molecule has 2 rings (SSSR count). The quantitative estimate of drug-likeness (QED) is 0.400. The van der Waals surface area contributed by atoms with Gasteiger partial charge in [-0.3, -0.25) is 14.6 Å². The lowest BCUT2D eigenvalue weighted by molar-refractivity contribution is -0.153. The molecule has 1 aliphatic rings. The van der Waals surface area contributed by atoms with Gasteiger partial charge < -0.3 is 25.4 Å². The van der Waals surface area contributed by atoms with E-state index in [2.05, 4.69) is 5.10 Å². The Kier molecular flexibility index (Phi) is 6.06. The Morgan fingerprint density at radius 2 is 2.16 bits per heavy atom. The molecule has 25 heavy (non-hydrogen) atoms. The van der Waals surface area contributed by atoms with Crippen molar-refractivity contribution in [2.24, 2.45) is 11.7 Å². The van der Waals surface area contributed by atoms with Gasteiger partial charge in [-0.1, -0.05) is 20.3 Å². The van der Waals surface area contributed by atoms with Gasteiger partial charge in [-0.15, -0.1) is 0 Å². The molecule has 6 atom stereocenters. The van der Waals surface area contributed by atoms with Crippen molar-refractivity contribution < 1.29 is 24.5 Å². The average molecular weight is 358 g/mol. The molecule has 0 saturated carbocycles. The van der Waals surface area contributed by atoms with Crippen LogP contribution in [-0.2, 0) is 14.3 Å². The van der Waals surface area contributed by atoms with Gasteiger partial charge in [-0.25, -0.2) is 4.79 Å². The Morgan fingerprint density at radius 1 is 1.48 bits per heavy atom. The maximum atomic E-state index is 11.9. The number of aliphatic hydroxyl groups is 2. The minimum atomic E-state index is -1.50. The summed E-state index contributed by atoms with van der Waals surface area (Å²) in [6, 6.07) is -0.812. The second kappa shape index (κ2) is 7.87. The van der Waals surface area contributed by atoms with E-state index in [1.807, 2.05) is 11.9 Å². The number of aromatic amines is 1. The van der Waals surface area contributed by atoms with Gasteiger partial charge >= 0.3 is 11.7 Å². The van der Waals surface area contributed by atoms with Crippen LogP contribution in [-0.4, -0.2) is 61.9 Å². The Morgan fingerprint density at radius 3 is 2.76 bits per heavy atom. The molecule has 11 heteroatoms. The molecule has 0 radical (unpaired) electrons. The number of carbonyl (C=O) groups is 1. The van der Waals surface area contributed by atoms with Gasteiger partial charge in [0.1, 0.15) is 37.2 Å². The molecule has 0 aliphatic carbocycles. The molecule has 0 amide bonds. The summed E-state index contributed by atoms with van der Waals surface area (Å²) in [7, 11) is 0. The van der Waals surface area contributed by atoms with E-state index in [9.17, 15) is 24.6 Å². The third-order valence-electron chi connectivity index (χ3n) is 4.23. The smallest absolute Gasteiger partial charge is 0.347 e. The number of esters is 1. The van der Waals surface area contributed by atoms with Crippen LogP contribution in [0.1, 0.15) is 26.5 Å². The molecule has 0 aromatic carbocycles. The van der Waals surface area contributed by atoms with Crippen molar-refractivity contribution in [3.8, 4) is 0 Å². The van der Waals surface area contributed by atoms with Crippen LogP contribution >= 0.6 is 0 Å². The van der Waals surface area contributed by atoms with Crippen molar-refractivity contribution in [3.05, 3.63) is 27.0 Å². The van der Waals surface area contributed by atoms with Crippen molar-refractivity contribution in [1.29, 1.82) is 0 Å². The summed E-state index contributed by atoms with van der Waals surface area (Å²) in [6.07, 6.45) is -3.79. The van der Waals surface area contributed by atoms with E-state index in [0.29, 0.717) is 11.1 Å². The van der Waals surface area contributed by atoms with Crippen LogP contribution in [0.25, 0.3) is 0 Å². The minimum absolute atomic E-state index is 0.0795. The fraction of sp³-hybridized carbons (Fsp3) is 0.714. The number of hydrogen-bond donors (Lipinski definition) is 4. The number of rotatable bonds is 6. The van der Waals surface area contributed by atoms with Crippen molar-refractivity contribution in [3.63, 3.8) is 0 Å². The monoisotopic (exact) mass is 358 g/mol. The summed E-state index contributed by atoms with van der Waals surface area (Å²) in [4.78, 5) is 36.6. The number of H-pyrrole nitrogens is 1. The van der Waals surface area contributed by atoms with E-state index >= 15 is 0 Å². The zero-order chi connectivity index (χ0) is 18.7. The van der Waals surface area contributed by atoms with Crippen LogP contribution in [0, 0.1) is 5.92 Å². The third kappa shape index (κ3) is 4.12. The molecule has 0 bridgehead atoms. The standard InChI is InChI=1S/C14H22N4O7/c1-3-6(2)9(15)13(22)24-5-7-10(20)11(21)12(25-7)18-14(23)17-8(19)4-16-18/h4,6-7,9-12,20-21H,3,5,15H2,1-2H3,(H,17,19,23)/t6-,7-,9-,10+,11?,12-/m1/s1. The van der Waals surface area contributed by atoms with E-state index in [0.717, 1.165) is 6.20 Å². The first kappa shape index (κ1) is 19.2. The summed E-state index contributed by atoms with van der Waals surface area (Å²) < 4.78 is 11.1. The summed E-state index contributed by atoms with van der Waals surface area (Å²) in [6.45, 7) is 3.34. The first-order chi connectivity index (χ1) is 11.8. The molecular formula is C14H22N4O7. The van der Waals surface area contributed by atoms with Crippen molar-refractivity contribution in [2.45, 2.75) is 50.8 Å². The first-order valence-corrected chi connectivity index (χ1v) is 7.88. The number of aromatic nitrogens is 3. The van der Waals surface area contributed by atoms with E-state index in [1.54, 1.807) is 6.92 Å². The highest BCUT2D eigenvalue weighted by atomic mass is 16.6. The van der Waals surface area contributed by atoms with Crippen LogP contribution in [0.2, 0.25) is 0 Å². The second-order valence-corrected chi connectivity index (χ2v) is 5.97. The number of nitrogens with zero attached hydrogens (tertiary/aromatic N) is 2. The van der Waals surface area contributed by atoms with E-state index in [1.165, 1.54) is 0 Å². The van der Waals surface area contributed by atoms with Gasteiger partial charge in [-0.05, 0) is 5.92 Å². The number of carbonyl (C=O) groups excluding carboxylic acids is 1. The minimum Gasteiger partial charge on any atom is -0.462 e. The predicted molar refractivity (Wildman–Crippen MR) is 83.4 cm³/mol. The molecule has 1 unspecified atom stereocenters. The summed E-state index contributed by atoms with van der Waals surface area (Å²) in [5.41, 5.74) is 4.14. The fourth-order valence-corrected chi connectivity index (χ4v) is 2.36. The number of nitrogens with two attached hydrogens (primary N) is 1. The molecular weight excluding hydrogens is 336 g/mol. The zero-order valence-corrected chi connectivity index (χ0v) is 13.9. The lowest BCUT2D eigenvalue weighted by atomic mass is 10.0. The number of aliphatic hydroxyl groups excluding tert-OH is 2. The second-order valence-electron chi connectivity index (χ2n) is 5.97. The maximum Gasteiger partial charge on any atom is 0.347 e. The van der Waals surface area contributed by atoms with Gasteiger partial charge in [0.25, 0.3) is 5.56 Å². The molecule has 11 nitrogen and oxygen atoms in total. The molecule has 1 aliphatic heterocycles. The van der Waals surface area contributed by atoms with Crippen LogP contribution in [0.4, 0.5) is 0 Å². The van der Waals surface area contributed by atoms with Crippen LogP contribution in [0.5, 0.6) is 0 Å². The van der Waals surface area contributed by atoms with Crippen molar-refractivity contribution >= 4 is 5.97 Å². The first-order valence-electron chi connectivity index (χ1n) is 7.88. The summed E-state index contributed by atoms with van der Waals surface area (Å²) in [5, 5.41) is 23.6. The van der Waals surface area contributed by atoms with Crippen molar-refractivity contribution in [2.75, 3.05) is 6.61 Å². The predicted octanol–water partition coefficient (Wildman–Crippen LogP) is -2.53. The summed E-state index contributed by atoms with van der Waals surface area (Å²) in [5.74, 6) is -0.730. The van der Waals surface area contributed by atoms with Gasteiger partial charge in [0.05, 0.1) is 0 Å². The normalized spacial score (nSPS) is 28.5. The van der Waals surface area contributed by atoms with Gasteiger partial charge in [0.2, 0.25) is 0 Å². The van der Waals surface area contributed by atoms with Crippen LogP contribution in [0.15, 0.2) is 15.8 Å². The molecule has 2 heterocycles. The van der Waals surface area contributed by atoms with Crippen LogP contribution < -0.4 is 17.0 Å². The van der Waals surface area contributed by atoms with Gasteiger partial charge in [0.15, 0.2) is 6.23 Å². The zero-order valence-electron chi connectivity index (χ0n) is 13.9. The highest BCUT2D eigenvalue weighted by Crippen LogP contribution is 2.28. The fourth-order valence-electron chi connectivity index (χ4n) is 2.36. The molecule has 1 aromatic rings. The van der Waals surface area contributed by atoms with E-state index in [4.69, 9.17) is 15.2 Å². The Labute approximate surface area is 142 Å². The lowest BCUT2D eigenvalue weighted by Crippen LogP contribution is -2.41. The molecule has 5 N–H and O–H groups in total. The third-order valence-corrected chi connectivity index (χ3v) is 4.23. The summed E-state index contributed by atoms with van der Waals surface area (Å²) >= 11 is 0. The molecule has 0 spiro atoms. The van der Waals surface area contributed by atoms with Crippen LogP contribution in [0.3, 0.4) is 0 Å². The number of nitrogens with one attached hydrogen (secondary N) is 1. The number of hydrogen-bond acceptors (Lipinski definition) is 9.